The van der Waals surface area contributed by atoms with E-state index in [-0.39, 0.29) is 0 Å². The molecule has 1 unspecified atom stereocenters. The van der Waals surface area contributed by atoms with Gasteiger partial charge in [0.2, 0.25) is 0 Å². The lowest BCUT2D eigenvalue weighted by atomic mass is 9.94. The van der Waals surface area contributed by atoms with Crippen LogP contribution in [-0.4, -0.2) is 30.7 Å². The van der Waals surface area contributed by atoms with Crippen LogP contribution in [0.15, 0.2) is 48.5 Å². The first kappa shape index (κ1) is 18.4. The van der Waals surface area contributed by atoms with Crippen molar-refractivity contribution in [2.24, 2.45) is 11.8 Å². The molecule has 3 nitrogen and oxygen atoms in total. The first-order chi connectivity index (χ1) is 13.2. The molecule has 2 aliphatic rings. The Morgan fingerprint density at radius 2 is 1.70 bits per heavy atom. The van der Waals surface area contributed by atoms with E-state index in [0.29, 0.717) is 17.9 Å². The molecule has 144 valence electrons. The zero-order valence-corrected chi connectivity index (χ0v) is 16.6. The van der Waals surface area contributed by atoms with Crippen LogP contribution in [0.25, 0.3) is 0 Å². The van der Waals surface area contributed by atoms with Crippen LogP contribution in [0.5, 0.6) is 11.5 Å². The van der Waals surface area contributed by atoms with Gasteiger partial charge in [0.25, 0.3) is 0 Å². The molecule has 1 heterocycles. The Kier molecular flexibility index (Phi) is 5.68. The number of ether oxygens (including phenoxy) is 2. The summed E-state index contributed by atoms with van der Waals surface area (Å²) in [6.07, 6.45) is 3.88. The van der Waals surface area contributed by atoms with Gasteiger partial charge in [-0.25, -0.2) is 0 Å². The zero-order valence-electron chi connectivity index (χ0n) is 16.6. The number of aryl methyl sites for hydroxylation is 1. The fourth-order valence-corrected chi connectivity index (χ4v) is 4.62. The van der Waals surface area contributed by atoms with Gasteiger partial charge in [-0.2, -0.15) is 0 Å². The van der Waals surface area contributed by atoms with Crippen molar-refractivity contribution in [2.45, 2.75) is 45.8 Å². The van der Waals surface area contributed by atoms with Crippen LogP contribution in [0.2, 0.25) is 0 Å². The Balaban J connectivity index is 1.43. The molecule has 2 fully saturated rings. The Morgan fingerprint density at radius 3 is 2.41 bits per heavy atom. The van der Waals surface area contributed by atoms with Crippen LogP contribution >= 0.6 is 0 Å². The highest BCUT2D eigenvalue weighted by atomic mass is 16.5. The minimum Gasteiger partial charge on any atom is -0.490 e. The van der Waals surface area contributed by atoms with E-state index in [9.17, 15) is 0 Å². The van der Waals surface area contributed by atoms with Crippen LogP contribution in [-0.2, 0) is 6.54 Å². The van der Waals surface area contributed by atoms with E-state index in [4.69, 9.17) is 9.47 Å². The first-order valence-corrected chi connectivity index (χ1v) is 10.4. The van der Waals surface area contributed by atoms with Gasteiger partial charge in [0.05, 0.1) is 6.61 Å². The molecular weight excluding hydrogens is 334 g/mol. The molecule has 0 N–H and O–H groups in total. The Hall–Kier alpha value is -2.00. The van der Waals surface area contributed by atoms with E-state index >= 15 is 0 Å². The molecule has 3 atom stereocenters. The molecular formula is C24H31NO2. The number of likely N-dealkylation sites (tertiary alicyclic amines) is 1. The van der Waals surface area contributed by atoms with Crippen LogP contribution in [0, 0.1) is 18.8 Å². The molecule has 1 saturated heterocycles. The van der Waals surface area contributed by atoms with Gasteiger partial charge >= 0.3 is 0 Å². The molecule has 2 aromatic rings. The maximum absolute atomic E-state index is 6.57. The highest BCUT2D eigenvalue weighted by Crippen LogP contribution is 2.41. The first-order valence-electron chi connectivity index (χ1n) is 10.4. The molecule has 0 radical (unpaired) electrons. The molecule has 1 aliphatic carbocycles. The summed E-state index contributed by atoms with van der Waals surface area (Å²) in [5.74, 6) is 3.07. The third-order valence-corrected chi connectivity index (χ3v) is 5.90. The lowest BCUT2D eigenvalue weighted by Gasteiger charge is -2.38. The van der Waals surface area contributed by atoms with Crippen molar-refractivity contribution in [1.82, 2.24) is 4.90 Å². The van der Waals surface area contributed by atoms with Crippen LogP contribution in [0.3, 0.4) is 0 Å². The molecule has 1 aliphatic heterocycles. The fourth-order valence-electron chi connectivity index (χ4n) is 4.62. The SMILES string of the molecule is CCCOc1cc(C)ccc1OC1[C@@H]2CC[C@H]1CN(Cc1ccccc1)C2. The van der Waals surface area contributed by atoms with Gasteiger partial charge in [0.1, 0.15) is 6.10 Å². The predicted molar refractivity (Wildman–Crippen MR) is 109 cm³/mol. The number of hydrogen-bond acceptors (Lipinski definition) is 3. The van der Waals surface area contributed by atoms with E-state index in [0.717, 1.165) is 44.2 Å². The van der Waals surface area contributed by atoms with Crippen molar-refractivity contribution < 1.29 is 9.47 Å². The normalized spacial score (nSPS) is 24.7. The highest BCUT2D eigenvalue weighted by molar-refractivity contribution is 5.43. The van der Waals surface area contributed by atoms with Gasteiger partial charge in [-0.15, -0.1) is 0 Å². The van der Waals surface area contributed by atoms with Gasteiger partial charge < -0.3 is 9.47 Å². The van der Waals surface area contributed by atoms with Crippen molar-refractivity contribution >= 4 is 0 Å². The topological polar surface area (TPSA) is 21.7 Å². The molecule has 3 heteroatoms. The molecule has 0 amide bonds. The number of nitrogens with zero attached hydrogens (tertiary/aromatic N) is 1. The van der Waals surface area contributed by atoms with E-state index in [1.165, 1.54) is 24.0 Å². The smallest absolute Gasteiger partial charge is 0.161 e. The maximum Gasteiger partial charge on any atom is 0.161 e. The van der Waals surface area contributed by atoms with Gasteiger partial charge in [0, 0.05) is 31.5 Å². The lowest BCUT2D eigenvalue weighted by molar-refractivity contribution is 0.0289. The summed E-state index contributed by atoms with van der Waals surface area (Å²) >= 11 is 0. The van der Waals surface area contributed by atoms with Crippen LogP contribution < -0.4 is 9.47 Å². The van der Waals surface area contributed by atoms with Crippen molar-refractivity contribution in [1.29, 1.82) is 0 Å². The van der Waals surface area contributed by atoms with Crippen molar-refractivity contribution in [3.8, 4) is 11.5 Å². The molecule has 4 rings (SSSR count). The number of piperidine rings is 1. The second-order valence-electron chi connectivity index (χ2n) is 8.16. The van der Waals surface area contributed by atoms with Crippen molar-refractivity contribution in [3.63, 3.8) is 0 Å². The average Bonchev–Trinajstić information content (AvgIpc) is 2.91. The largest absolute Gasteiger partial charge is 0.490 e. The summed E-state index contributed by atoms with van der Waals surface area (Å²) in [5.41, 5.74) is 2.62. The third kappa shape index (κ3) is 4.30. The monoisotopic (exact) mass is 365 g/mol. The highest BCUT2D eigenvalue weighted by Gasteiger charge is 2.43. The Bertz CT molecular complexity index is 731. The molecule has 0 spiro atoms. The van der Waals surface area contributed by atoms with Gasteiger partial charge in [-0.3, -0.25) is 4.90 Å². The van der Waals surface area contributed by atoms with Crippen molar-refractivity contribution in [2.75, 3.05) is 19.7 Å². The third-order valence-electron chi connectivity index (χ3n) is 5.90. The van der Waals surface area contributed by atoms with E-state index in [1.807, 2.05) is 0 Å². The summed E-state index contributed by atoms with van der Waals surface area (Å²) in [4.78, 5) is 2.61. The van der Waals surface area contributed by atoms with Gasteiger partial charge in [0.15, 0.2) is 11.5 Å². The van der Waals surface area contributed by atoms with Gasteiger partial charge in [-0.05, 0) is 49.4 Å². The average molecular weight is 366 g/mol. The lowest BCUT2D eigenvalue weighted by Crippen LogP contribution is -2.46. The number of rotatable bonds is 7. The Morgan fingerprint density at radius 1 is 0.963 bits per heavy atom. The molecule has 1 saturated carbocycles. The standard InChI is InChI=1S/C24H31NO2/c1-3-13-26-23-14-18(2)9-12-22(23)27-24-20-10-11-21(24)17-25(16-20)15-19-7-5-4-6-8-19/h4-9,12,14,20-21,24H,3,10-11,13,15-17H2,1-2H3/t20-,21+,24?. The maximum atomic E-state index is 6.57. The fraction of sp³-hybridized carbons (Fsp3) is 0.500. The number of hydrogen-bond donors (Lipinski definition) is 0. The summed E-state index contributed by atoms with van der Waals surface area (Å²) in [7, 11) is 0. The number of benzene rings is 2. The number of fused-ring (bicyclic) bond motifs is 2. The molecule has 2 aromatic carbocycles. The molecule has 27 heavy (non-hydrogen) atoms. The molecule has 0 aromatic heterocycles. The summed E-state index contributed by atoms with van der Waals surface area (Å²) < 4.78 is 12.5. The second kappa shape index (κ2) is 8.35. The van der Waals surface area contributed by atoms with E-state index in [1.54, 1.807) is 0 Å². The minimum atomic E-state index is 0.323. The van der Waals surface area contributed by atoms with E-state index < -0.39 is 0 Å². The van der Waals surface area contributed by atoms with Crippen molar-refractivity contribution in [3.05, 3.63) is 59.7 Å². The minimum absolute atomic E-state index is 0.323. The van der Waals surface area contributed by atoms with Crippen LogP contribution in [0.1, 0.15) is 37.3 Å². The quantitative estimate of drug-likeness (QED) is 0.683. The summed E-state index contributed by atoms with van der Waals surface area (Å²) in [6.45, 7) is 8.30. The second-order valence-corrected chi connectivity index (χ2v) is 8.16. The molecule has 2 bridgehead atoms. The summed E-state index contributed by atoms with van der Waals surface area (Å²) in [6, 6.07) is 17.1. The van der Waals surface area contributed by atoms with E-state index in [2.05, 4.69) is 67.3 Å². The Labute approximate surface area is 163 Å². The summed E-state index contributed by atoms with van der Waals surface area (Å²) in [5, 5.41) is 0. The van der Waals surface area contributed by atoms with Crippen LogP contribution in [0.4, 0.5) is 0 Å². The van der Waals surface area contributed by atoms with Gasteiger partial charge in [-0.1, -0.05) is 43.3 Å². The predicted octanol–water partition coefficient (Wildman–Crippen LogP) is 5.07. The zero-order chi connectivity index (χ0) is 18.6.